The van der Waals surface area contributed by atoms with E-state index in [1.54, 1.807) is 0 Å². The Labute approximate surface area is 188 Å². The predicted octanol–water partition coefficient (Wildman–Crippen LogP) is -2.35. The van der Waals surface area contributed by atoms with E-state index in [1.807, 2.05) is 0 Å². The molecule has 4 unspecified atom stereocenters. The summed E-state index contributed by atoms with van der Waals surface area (Å²) in [5, 5.41) is 28.5. The van der Waals surface area contributed by atoms with Crippen molar-refractivity contribution >= 4 is 42.3 Å². The molecule has 13 nitrogen and oxygen atoms in total. The number of carbonyl (C=O) groups is 5. The van der Waals surface area contributed by atoms with E-state index in [9.17, 15) is 29.1 Å². The van der Waals surface area contributed by atoms with Crippen molar-refractivity contribution in [3.05, 3.63) is 18.2 Å². The molecule has 1 aliphatic heterocycles. The minimum Gasteiger partial charge on any atom is -0.481 e. The Kier molecular flexibility index (Phi) is 9.46. The molecule has 0 aromatic carbocycles. The van der Waals surface area contributed by atoms with Gasteiger partial charge in [0.25, 0.3) is 0 Å². The van der Waals surface area contributed by atoms with Gasteiger partial charge in [0.2, 0.25) is 17.7 Å². The van der Waals surface area contributed by atoms with Crippen molar-refractivity contribution in [2.45, 2.75) is 49.9 Å². The molecule has 1 aliphatic rings. The lowest BCUT2D eigenvalue weighted by molar-refractivity contribution is -0.143. The lowest BCUT2D eigenvalue weighted by Gasteiger charge is -2.23. The van der Waals surface area contributed by atoms with Gasteiger partial charge in [-0.2, -0.15) is 12.6 Å². The number of imidazole rings is 1. The molecule has 32 heavy (non-hydrogen) atoms. The van der Waals surface area contributed by atoms with Gasteiger partial charge in [-0.15, -0.1) is 0 Å². The van der Waals surface area contributed by atoms with Gasteiger partial charge in [-0.1, -0.05) is 0 Å². The van der Waals surface area contributed by atoms with Crippen LogP contribution in [0.5, 0.6) is 0 Å². The number of aliphatic carboxylic acids is 2. The lowest BCUT2D eigenvalue weighted by Crippen LogP contribution is -2.58. The highest BCUT2D eigenvalue weighted by molar-refractivity contribution is 7.80. The molecule has 1 aromatic rings. The van der Waals surface area contributed by atoms with Gasteiger partial charge < -0.3 is 36.5 Å². The number of hydrogen-bond donors (Lipinski definition) is 8. The fourth-order valence-corrected chi connectivity index (χ4v) is 3.38. The van der Waals surface area contributed by atoms with E-state index in [0.29, 0.717) is 18.7 Å². The number of amides is 3. The van der Waals surface area contributed by atoms with Crippen LogP contribution >= 0.6 is 12.6 Å². The number of nitrogens with one attached hydrogen (secondary N) is 5. The molecular formula is C18H26N6O7S. The number of carboxylic acids is 2. The Hall–Kier alpha value is -3.13. The maximum Gasteiger partial charge on any atom is 0.326 e. The second-order valence-corrected chi connectivity index (χ2v) is 7.60. The number of thiol groups is 1. The van der Waals surface area contributed by atoms with Crippen LogP contribution in [0.4, 0.5) is 0 Å². The van der Waals surface area contributed by atoms with Crippen molar-refractivity contribution in [2.75, 3.05) is 12.3 Å². The molecule has 2 rings (SSSR count). The summed E-state index contributed by atoms with van der Waals surface area (Å²) in [7, 11) is 0. The van der Waals surface area contributed by atoms with E-state index in [4.69, 9.17) is 5.11 Å². The van der Waals surface area contributed by atoms with Crippen molar-refractivity contribution in [3.8, 4) is 0 Å². The number of carbonyl (C=O) groups excluding carboxylic acids is 3. The predicted molar refractivity (Wildman–Crippen MR) is 113 cm³/mol. The van der Waals surface area contributed by atoms with Crippen LogP contribution < -0.4 is 21.3 Å². The largest absolute Gasteiger partial charge is 0.481 e. The van der Waals surface area contributed by atoms with Gasteiger partial charge in [0, 0.05) is 24.1 Å². The molecule has 1 fully saturated rings. The number of aromatic nitrogens is 2. The molecule has 2 heterocycles. The number of H-pyrrole nitrogens is 1. The van der Waals surface area contributed by atoms with Gasteiger partial charge in [-0.3, -0.25) is 19.2 Å². The average Bonchev–Trinajstić information content (AvgIpc) is 3.44. The summed E-state index contributed by atoms with van der Waals surface area (Å²) < 4.78 is 0. The van der Waals surface area contributed by atoms with Gasteiger partial charge in [0.1, 0.15) is 18.1 Å². The number of carboxylic acid groups (broad SMARTS) is 2. The normalized spacial score (nSPS) is 18.2. The average molecular weight is 471 g/mol. The third kappa shape index (κ3) is 7.53. The number of rotatable bonds is 12. The van der Waals surface area contributed by atoms with E-state index in [1.165, 1.54) is 12.5 Å². The second-order valence-electron chi connectivity index (χ2n) is 7.23. The lowest BCUT2D eigenvalue weighted by atomic mass is 10.1. The quantitative estimate of drug-likeness (QED) is 0.154. The summed E-state index contributed by atoms with van der Waals surface area (Å²) in [6.07, 6.45) is 3.35. The summed E-state index contributed by atoms with van der Waals surface area (Å²) in [5.41, 5.74) is 0.480. The van der Waals surface area contributed by atoms with Crippen molar-refractivity contribution in [1.29, 1.82) is 0 Å². The van der Waals surface area contributed by atoms with E-state index < -0.39 is 60.2 Å². The van der Waals surface area contributed by atoms with Crippen LogP contribution in [0.1, 0.15) is 25.0 Å². The van der Waals surface area contributed by atoms with E-state index in [0.717, 1.165) is 6.42 Å². The molecule has 7 N–H and O–H groups in total. The molecule has 14 heteroatoms. The summed E-state index contributed by atoms with van der Waals surface area (Å²) in [4.78, 5) is 66.6. The molecule has 4 atom stereocenters. The van der Waals surface area contributed by atoms with Crippen molar-refractivity contribution in [3.63, 3.8) is 0 Å². The van der Waals surface area contributed by atoms with Crippen LogP contribution in [0.2, 0.25) is 0 Å². The summed E-state index contributed by atoms with van der Waals surface area (Å²) >= 11 is 4.02. The van der Waals surface area contributed by atoms with Crippen LogP contribution in [-0.2, 0) is 30.4 Å². The first kappa shape index (κ1) is 25.1. The molecule has 0 saturated carbocycles. The Morgan fingerprint density at radius 2 is 1.78 bits per heavy atom. The van der Waals surface area contributed by atoms with E-state index >= 15 is 0 Å². The highest BCUT2D eigenvalue weighted by Crippen LogP contribution is 2.06. The summed E-state index contributed by atoms with van der Waals surface area (Å²) in [6, 6.07) is -4.50. The van der Waals surface area contributed by atoms with Crippen molar-refractivity contribution < 1.29 is 34.2 Å². The third-order valence-electron chi connectivity index (χ3n) is 4.80. The fourth-order valence-electron chi connectivity index (χ4n) is 3.12. The maximum atomic E-state index is 12.6. The second kappa shape index (κ2) is 12.0. The first-order valence-corrected chi connectivity index (χ1v) is 10.5. The molecule has 1 aromatic heterocycles. The molecular weight excluding hydrogens is 444 g/mol. The molecule has 0 aliphatic carbocycles. The molecule has 1 saturated heterocycles. The van der Waals surface area contributed by atoms with Gasteiger partial charge in [-0.05, 0) is 19.4 Å². The van der Waals surface area contributed by atoms with Crippen LogP contribution in [0.15, 0.2) is 12.5 Å². The van der Waals surface area contributed by atoms with E-state index in [2.05, 4.69) is 43.9 Å². The minimum atomic E-state index is -1.42. The highest BCUT2D eigenvalue weighted by Gasteiger charge is 2.32. The highest BCUT2D eigenvalue weighted by atomic mass is 32.1. The van der Waals surface area contributed by atoms with Crippen LogP contribution in [-0.4, -0.2) is 86.3 Å². The Morgan fingerprint density at radius 1 is 1.09 bits per heavy atom. The first-order valence-electron chi connectivity index (χ1n) is 9.88. The Balaban J connectivity index is 2.01. The molecule has 0 bridgehead atoms. The smallest absolute Gasteiger partial charge is 0.326 e. The summed E-state index contributed by atoms with van der Waals surface area (Å²) in [5.74, 6) is -5.03. The number of aromatic amines is 1. The molecule has 3 amide bonds. The van der Waals surface area contributed by atoms with Gasteiger partial charge in [0.15, 0.2) is 0 Å². The van der Waals surface area contributed by atoms with E-state index in [-0.39, 0.29) is 12.2 Å². The standard InChI is InChI=1S/C18H26N6O7S/c25-14(26)5-11(22-15(27)10-2-1-3-20-10)16(28)24-13(7-32)17(29)23-12(18(30)31)4-9-6-19-8-21-9/h6,8,10-13,20,32H,1-5,7H2,(H,19,21)(H,22,27)(H,23,29)(H,24,28)(H,25,26)(H,30,31). The van der Waals surface area contributed by atoms with Gasteiger partial charge in [-0.25, -0.2) is 9.78 Å². The monoisotopic (exact) mass is 470 g/mol. The minimum absolute atomic E-state index is 0.0691. The van der Waals surface area contributed by atoms with Crippen LogP contribution in [0.25, 0.3) is 0 Å². The van der Waals surface area contributed by atoms with Gasteiger partial charge >= 0.3 is 11.9 Å². The third-order valence-corrected chi connectivity index (χ3v) is 5.16. The Bertz CT molecular complexity index is 828. The fraction of sp³-hybridized carbons (Fsp3) is 0.556. The first-order chi connectivity index (χ1) is 15.2. The topological polar surface area (TPSA) is 203 Å². The zero-order chi connectivity index (χ0) is 23.7. The molecule has 176 valence electrons. The van der Waals surface area contributed by atoms with Gasteiger partial charge in [0.05, 0.1) is 18.8 Å². The number of hydrogen-bond acceptors (Lipinski definition) is 8. The summed E-state index contributed by atoms with van der Waals surface area (Å²) in [6.45, 7) is 0.638. The Morgan fingerprint density at radius 3 is 2.31 bits per heavy atom. The van der Waals surface area contributed by atoms with Crippen molar-refractivity contribution in [2.24, 2.45) is 0 Å². The SMILES string of the molecule is O=C(O)CC(NC(=O)C1CCCN1)C(=O)NC(CS)C(=O)NC(Cc1cnc[nH]1)C(=O)O. The number of nitrogens with zero attached hydrogens (tertiary/aromatic N) is 1. The molecule has 0 radical (unpaired) electrons. The zero-order valence-corrected chi connectivity index (χ0v) is 17.9. The molecule has 0 spiro atoms. The maximum absolute atomic E-state index is 12.6. The van der Waals surface area contributed by atoms with Crippen LogP contribution in [0, 0.1) is 0 Å². The van der Waals surface area contributed by atoms with Crippen molar-refractivity contribution in [1.82, 2.24) is 31.2 Å². The van der Waals surface area contributed by atoms with Crippen LogP contribution in [0.3, 0.4) is 0 Å². The zero-order valence-electron chi connectivity index (χ0n) is 17.0.